The second-order valence-electron chi connectivity index (χ2n) is 3.00. The van der Waals surface area contributed by atoms with Crippen LogP contribution in [-0.2, 0) is 0 Å². The highest BCUT2D eigenvalue weighted by atomic mass is 16.4. The molecule has 1 aliphatic rings. The number of carbonyl (C=O) groups is 1. The smallest absolute Gasteiger partial charge is 0.407 e. The number of hydrogen-bond acceptors (Lipinski definition) is 2. The minimum Gasteiger partial charge on any atom is -0.465 e. The van der Waals surface area contributed by atoms with Gasteiger partial charge in [0.2, 0.25) is 0 Å². The number of rotatable bonds is 0. The van der Waals surface area contributed by atoms with E-state index in [4.69, 9.17) is 10.2 Å². The van der Waals surface area contributed by atoms with Crippen molar-refractivity contribution in [1.82, 2.24) is 4.90 Å². The lowest BCUT2D eigenvalue weighted by Crippen LogP contribution is -2.45. The van der Waals surface area contributed by atoms with E-state index in [0.29, 0.717) is 19.4 Å². The molecule has 1 rings (SSSR count). The Hall–Kier alpha value is -0.770. The molecule has 4 heteroatoms. The van der Waals surface area contributed by atoms with E-state index in [0.717, 1.165) is 0 Å². The number of hydrogen-bond donors (Lipinski definition) is 2. The van der Waals surface area contributed by atoms with Crippen LogP contribution >= 0.6 is 0 Å². The minimum absolute atomic E-state index is 0.0451. The van der Waals surface area contributed by atoms with Crippen LogP contribution < -0.4 is 0 Å². The van der Waals surface area contributed by atoms with Crippen LogP contribution in [0.2, 0.25) is 0 Å². The predicted octanol–water partition coefficient (Wildman–Crippen LogP) is 0.510. The first kappa shape index (κ1) is 8.33. The van der Waals surface area contributed by atoms with E-state index in [9.17, 15) is 4.79 Å². The van der Waals surface area contributed by atoms with Gasteiger partial charge in [0.05, 0.1) is 6.10 Å². The zero-order valence-corrected chi connectivity index (χ0v) is 6.53. The van der Waals surface area contributed by atoms with E-state index in [-0.39, 0.29) is 12.1 Å². The molecular formula is C7H13NO3. The van der Waals surface area contributed by atoms with E-state index in [1.54, 1.807) is 0 Å². The standard InChI is InChI=1S/C7H13NO3/c1-5-4-6(9)2-3-8(5)7(10)11/h5-6,9H,2-4H2,1H3,(H,10,11)/t5-,6?/m1/s1. The van der Waals surface area contributed by atoms with Crippen LogP contribution in [0, 0.1) is 0 Å². The fraction of sp³-hybridized carbons (Fsp3) is 0.857. The van der Waals surface area contributed by atoms with Crippen LogP contribution in [0.5, 0.6) is 0 Å². The molecule has 1 unspecified atom stereocenters. The fourth-order valence-electron chi connectivity index (χ4n) is 1.43. The first-order valence-electron chi connectivity index (χ1n) is 3.79. The lowest BCUT2D eigenvalue weighted by Gasteiger charge is -2.33. The zero-order valence-electron chi connectivity index (χ0n) is 6.53. The summed E-state index contributed by atoms with van der Waals surface area (Å²) in [5, 5.41) is 17.8. The van der Waals surface area contributed by atoms with Crippen LogP contribution in [0.25, 0.3) is 0 Å². The second kappa shape index (κ2) is 3.09. The van der Waals surface area contributed by atoms with Gasteiger partial charge in [0.1, 0.15) is 0 Å². The molecule has 1 fully saturated rings. The van der Waals surface area contributed by atoms with Crippen LogP contribution in [-0.4, -0.2) is 39.9 Å². The molecule has 1 saturated heterocycles. The summed E-state index contributed by atoms with van der Waals surface area (Å²) >= 11 is 0. The van der Waals surface area contributed by atoms with Crippen molar-refractivity contribution in [3.05, 3.63) is 0 Å². The van der Waals surface area contributed by atoms with Crippen LogP contribution in [0.15, 0.2) is 0 Å². The van der Waals surface area contributed by atoms with E-state index in [1.807, 2.05) is 6.92 Å². The fourth-order valence-corrected chi connectivity index (χ4v) is 1.43. The molecule has 4 nitrogen and oxygen atoms in total. The Bertz CT molecular complexity index is 160. The quantitative estimate of drug-likeness (QED) is 0.541. The third-order valence-electron chi connectivity index (χ3n) is 2.09. The van der Waals surface area contributed by atoms with Gasteiger partial charge >= 0.3 is 6.09 Å². The number of aliphatic hydroxyl groups excluding tert-OH is 1. The van der Waals surface area contributed by atoms with Gasteiger partial charge in [-0.2, -0.15) is 0 Å². The van der Waals surface area contributed by atoms with Crippen molar-refractivity contribution in [2.45, 2.75) is 31.9 Å². The molecule has 0 aliphatic carbocycles. The highest BCUT2D eigenvalue weighted by Gasteiger charge is 2.26. The van der Waals surface area contributed by atoms with E-state index >= 15 is 0 Å². The molecule has 1 heterocycles. The normalized spacial score (nSPS) is 32.0. The van der Waals surface area contributed by atoms with Gasteiger partial charge in [-0.05, 0) is 19.8 Å². The maximum Gasteiger partial charge on any atom is 0.407 e. The van der Waals surface area contributed by atoms with Gasteiger partial charge in [-0.15, -0.1) is 0 Å². The van der Waals surface area contributed by atoms with Crippen molar-refractivity contribution in [1.29, 1.82) is 0 Å². The minimum atomic E-state index is -0.885. The Labute approximate surface area is 65.4 Å². The summed E-state index contributed by atoms with van der Waals surface area (Å²) in [6.45, 7) is 2.27. The van der Waals surface area contributed by atoms with Gasteiger partial charge in [-0.25, -0.2) is 4.79 Å². The molecule has 0 spiro atoms. The van der Waals surface area contributed by atoms with Crippen molar-refractivity contribution in [2.24, 2.45) is 0 Å². The van der Waals surface area contributed by atoms with Gasteiger partial charge in [0.25, 0.3) is 0 Å². The summed E-state index contributed by atoms with van der Waals surface area (Å²) in [4.78, 5) is 11.9. The van der Waals surface area contributed by atoms with E-state index in [2.05, 4.69) is 0 Å². The van der Waals surface area contributed by atoms with Crippen molar-refractivity contribution in [3.8, 4) is 0 Å². The van der Waals surface area contributed by atoms with Crippen molar-refractivity contribution < 1.29 is 15.0 Å². The number of carboxylic acid groups (broad SMARTS) is 1. The average molecular weight is 159 g/mol. The van der Waals surface area contributed by atoms with Gasteiger partial charge in [-0.3, -0.25) is 0 Å². The molecule has 2 atom stereocenters. The lowest BCUT2D eigenvalue weighted by atomic mass is 10.0. The third-order valence-corrected chi connectivity index (χ3v) is 2.09. The molecular weight excluding hydrogens is 146 g/mol. The summed E-state index contributed by atoms with van der Waals surface area (Å²) in [7, 11) is 0. The van der Waals surface area contributed by atoms with E-state index < -0.39 is 6.09 Å². The Morgan fingerprint density at radius 1 is 1.64 bits per heavy atom. The molecule has 11 heavy (non-hydrogen) atoms. The number of aliphatic hydroxyl groups is 1. The van der Waals surface area contributed by atoms with Crippen LogP contribution in [0.3, 0.4) is 0 Å². The summed E-state index contributed by atoms with van der Waals surface area (Å²) in [6.07, 6.45) is -0.0758. The Balaban J connectivity index is 2.50. The summed E-state index contributed by atoms with van der Waals surface area (Å²) in [5.74, 6) is 0. The van der Waals surface area contributed by atoms with Gasteiger partial charge < -0.3 is 15.1 Å². The molecule has 2 N–H and O–H groups in total. The Morgan fingerprint density at radius 2 is 2.27 bits per heavy atom. The van der Waals surface area contributed by atoms with Crippen LogP contribution in [0.4, 0.5) is 4.79 Å². The SMILES string of the molecule is C[C@@H]1CC(O)CCN1C(=O)O. The lowest BCUT2D eigenvalue weighted by molar-refractivity contribution is 0.0488. The maximum atomic E-state index is 10.5. The number of nitrogens with zero attached hydrogens (tertiary/aromatic N) is 1. The van der Waals surface area contributed by atoms with E-state index in [1.165, 1.54) is 4.90 Å². The summed E-state index contributed by atoms with van der Waals surface area (Å²) in [6, 6.07) is -0.0451. The molecule has 1 aliphatic heterocycles. The Morgan fingerprint density at radius 3 is 2.73 bits per heavy atom. The topological polar surface area (TPSA) is 60.8 Å². The molecule has 0 aromatic carbocycles. The van der Waals surface area contributed by atoms with Crippen molar-refractivity contribution in [2.75, 3.05) is 6.54 Å². The number of piperidine rings is 1. The molecule has 0 aromatic heterocycles. The molecule has 0 saturated carbocycles. The van der Waals surface area contributed by atoms with Crippen molar-refractivity contribution >= 4 is 6.09 Å². The molecule has 0 aromatic rings. The van der Waals surface area contributed by atoms with Gasteiger partial charge in [0.15, 0.2) is 0 Å². The van der Waals surface area contributed by atoms with Crippen molar-refractivity contribution in [3.63, 3.8) is 0 Å². The van der Waals surface area contributed by atoms with Gasteiger partial charge in [0, 0.05) is 12.6 Å². The summed E-state index contributed by atoms with van der Waals surface area (Å²) in [5.41, 5.74) is 0. The zero-order chi connectivity index (χ0) is 8.43. The number of likely N-dealkylation sites (tertiary alicyclic amines) is 1. The van der Waals surface area contributed by atoms with Gasteiger partial charge in [-0.1, -0.05) is 0 Å². The number of amides is 1. The average Bonchev–Trinajstić information content (AvgIpc) is 1.85. The first-order chi connectivity index (χ1) is 5.11. The molecule has 0 radical (unpaired) electrons. The maximum absolute atomic E-state index is 10.5. The highest BCUT2D eigenvalue weighted by Crippen LogP contribution is 2.16. The molecule has 64 valence electrons. The monoisotopic (exact) mass is 159 g/mol. The largest absolute Gasteiger partial charge is 0.465 e. The third kappa shape index (κ3) is 1.83. The molecule has 0 bridgehead atoms. The second-order valence-corrected chi connectivity index (χ2v) is 3.00. The first-order valence-corrected chi connectivity index (χ1v) is 3.79. The predicted molar refractivity (Wildman–Crippen MR) is 39.4 cm³/mol. The highest BCUT2D eigenvalue weighted by molar-refractivity contribution is 5.65. The van der Waals surface area contributed by atoms with Crippen LogP contribution in [0.1, 0.15) is 19.8 Å². The summed E-state index contributed by atoms with van der Waals surface area (Å²) < 4.78 is 0. The molecule has 1 amide bonds. The Kier molecular flexibility index (Phi) is 2.34.